The Morgan fingerprint density at radius 3 is 2.57 bits per heavy atom. The molecule has 2 rings (SSSR count). The summed E-state index contributed by atoms with van der Waals surface area (Å²) >= 11 is 5.82. The quantitative estimate of drug-likeness (QED) is 0.673. The number of halogens is 2. The Hall–Kier alpha value is -1.57. The lowest BCUT2D eigenvalue weighted by Gasteiger charge is -2.14. The fourth-order valence-electron chi connectivity index (χ4n) is 1.70. The van der Waals surface area contributed by atoms with Crippen LogP contribution in [0, 0.1) is 0 Å². The molecule has 1 atom stereocenters. The van der Waals surface area contributed by atoms with Crippen LogP contribution in [0.3, 0.4) is 0 Å². The predicted octanol–water partition coefficient (Wildman–Crippen LogP) is 2.07. The van der Waals surface area contributed by atoms with Gasteiger partial charge in [0.2, 0.25) is 0 Å². The molecule has 2 N–H and O–H groups in total. The highest BCUT2D eigenvalue weighted by molar-refractivity contribution is 8.14. The Balaban J connectivity index is 2.69. The standard InChI is InChI=1S/C12H10Cl2N2O4S/c1-6(12(15)17)20-8-3-4-9(21(14,18)19)7-2-5-10(13)16-11(7)8/h2-6H,1H3,(H2,15,17). The second kappa shape index (κ2) is 5.67. The van der Waals surface area contributed by atoms with Gasteiger partial charge in [0, 0.05) is 16.1 Å². The van der Waals surface area contributed by atoms with Crippen molar-refractivity contribution in [2.75, 3.05) is 0 Å². The molecular formula is C12H10Cl2N2O4S. The van der Waals surface area contributed by atoms with Crippen LogP contribution in [0.1, 0.15) is 6.92 Å². The van der Waals surface area contributed by atoms with Gasteiger partial charge in [-0.15, -0.1) is 0 Å². The van der Waals surface area contributed by atoms with Crippen molar-refractivity contribution in [1.82, 2.24) is 4.98 Å². The number of hydrogen-bond acceptors (Lipinski definition) is 5. The number of hydrogen-bond donors (Lipinski definition) is 1. The number of aromatic nitrogens is 1. The third kappa shape index (κ3) is 3.37. The van der Waals surface area contributed by atoms with Crippen LogP contribution in [-0.2, 0) is 13.8 Å². The molecule has 0 saturated heterocycles. The van der Waals surface area contributed by atoms with Crippen LogP contribution < -0.4 is 10.5 Å². The van der Waals surface area contributed by atoms with Crippen LogP contribution in [0.25, 0.3) is 10.9 Å². The van der Waals surface area contributed by atoms with Crippen molar-refractivity contribution < 1.29 is 17.9 Å². The fraction of sp³-hybridized carbons (Fsp3) is 0.167. The van der Waals surface area contributed by atoms with Crippen LogP contribution in [0.15, 0.2) is 29.2 Å². The number of carbonyl (C=O) groups is 1. The number of amides is 1. The van der Waals surface area contributed by atoms with Gasteiger partial charge in [0.25, 0.3) is 15.0 Å². The Kier molecular flexibility index (Phi) is 4.27. The minimum atomic E-state index is -3.96. The highest BCUT2D eigenvalue weighted by Gasteiger charge is 2.20. The van der Waals surface area contributed by atoms with E-state index in [2.05, 4.69) is 4.98 Å². The topological polar surface area (TPSA) is 99.3 Å². The van der Waals surface area contributed by atoms with Crippen LogP contribution in [0.5, 0.6) is 5.75 Å². The van der Waals surface area contributed by atoms with E-state index >= 15 is 0 Å². The van der Waals surface area contributed by atoms with Gasteiger partial charge in [-0.1, -0.05) is 11.6 Å². The fourth-order valence-corrected chi connectivity index (χ4v) is 2.91. The molecule has 0 aliphatic heterocycles. The van der Waals surface area contributed by atoms with E-state index in [0.29, 0.717) is 0 Å². The van der Waals surface area contributed by atoms with E-state index in [0.717, 1.165) is 0 Å². The minimum absolute atomic E-state index is 0.123. The van der Waals surface area contributed by atoms with Gasteiger partial charge in [-0.05, 0) is 31.2 Å². The second-order valence-electron chi connectivity index (χ2n) is 4.19. The molecule has 0 aliphatic rings. The first-order valence-electron chi connectivity index (χ1n) is 5.70. The first-order valence-corrected chi connectivity index (χ1v) is 8.39. The van der Waals surface area contributed by atoms with Crippen molar-refractivity contribution in [3.05, 3.63) is 29.4 Å². The summed E-state index contributed by atoms with van der Waals surface area (Å²) in [6.45, 7) is 1.46. The summed E-state index contributed by atoms with van der Waals surface area (Å²) in [7, 11) is 1.42. The molecule has 112 valence electrons. The average Bonchev–Trinajstić information content (AvgIpc) is 2.37. The van der Waals surface area contributed by atoms with E-state index in [-0.39, 0.29) is 26.7 Å². The second-order valence-corrected chi connectivity index (χ2v) is 7.11. The van der Waals surface area contributed by atoms with Gasteiger partial charge in [0.1, 0.15) is 16.4 Å². The maximum absolute atomic E-state index is 11.6. The van der Waals surface area contributed by atoms with Crippen LogP contribution >= 0.6 is 22.3 Å². The zero-order valence-electron chi connectivity index (χ0n) is 10.7. The maximum Gasteiger partial charge on any atom is 0.261 e. The summed E-state index contributed by atoms with van der Waals surface area (Å²) in [4.78, 5) is 15.0. The molecule has 1 aromatic heterocycles. The molecule has 2 aromatic rings. The van der Waals surface area contributed by atoms with Crippen molar-refractivity contribution in [3.8, 4) is 5.75 Å². The minimum Gasteiger partial charge on any atom is -0.479 e. The third-order valence-electron chi connectivity index (χ3n) is 2.71. The van der Waals surface area contributed by atoms with Crippen molar-refractivity contribution in [2.45, 2.75) is 17.9 Å². The van der Waals surface area contributed by atoms with E-state index in [1.54, 1.807) is 0 Å². The van der Waals surface area contributed by atoms with Gasteiger partial charge in [-0.3, -0.25) is 4.79 Å². The van der Waals surface area contributed by atoms with Gasteiger partial charge >= 0.3 is 0 Å². The van der Waals surface area contributed by atoms with Gasteiger partial charge in [0.15, 0.2) is 6.10 Å². The summed E-state index contributed by atoms with van der Waals surface area (Å²) in [5.74, 6) is -0.484. The third-order valence-corrected chi connectivity index (χ3v) is 4.30. The van der Waals surface area contributed by atoms with Crippen molar-refractivity contribution in [1.29, 1.82) is 0 Å². The lowest BCUT2D eigenvalue weighted by molar-refractivity contribution is -0.123. The molecule has 21 heavy (non-hydrogen) atoms. The molecule has 1 unspecified atom stereocenters. The Morgan fingerprint density at radius 2 is 2.00 bits per heavy atom. The molecule has 0 fully saturated rings. The normalized spacial score (nSPS) is 13.1. The smallest absolute Gasteiger partial charge is 0.261 e. The Labute approximate surface area is 130 Å². The molecule has 1 aromatic carbocycles. The summed E-state index contributed by atoms with van der Waals surface area (Å²) in [6.07, 6.45) is -0.910. The van der Waals surface area contributed by atoms with Crippen molar-refractivity contribution >= 4 is 48.1 Å². The number of nitrogens with two attached hydrogens (primary N) is 1. The first-order chi connectivity index (χ1) is 9.70. The number of primary amides is 1. The summed E-state index contributed by atoms with van der Waals surface area (Å²) in [6, 6.07) is 5.50. The SMILES string of the molecule is CC(Oc1ccc(S(=O)(=O)Cl)c2ccc(Cl)nc12)C(N)=O. The highest BCUT2D eigenvalue weighted by atomic mass is 35.7. The van der Waals surface area contributed by atoms with E-state index in [1.165, 1.54) is 31.2 Å². The number of pyridine rings is 1. The molecule has 1 amide bonds. The monoisotopic (exact) mass is 348 g/mol. The highest BCUT2D eigenvalue weighted by Crippen LogP contribution is 2.32. The van der Waals surface area contributed by atoms with Crippen molar-refractivity contribution in [2.24, 2.45) is 5.73 Å². The maximum atomic E-state index is 11.6. The number of ether oxygens (including phenoxy) is 1. The van der Waals surface area contributed by atoms with Crippen molar-refractivity contribution in [3.63, 3.8) is 0 Å². The molecule has 1 heterocycles. The lowest BCUT2D eigenvalue weighted by atomic mass is 10.2. The molecule has 0 aliphatic carbocycles. The Morgan fingerprint density at radius 1 is 1.33 bits per heavy atom. The van der Waals surface area contributed by atoms with Gasteiger partial charge in [0.05, 0.1) is 4.90 Å². The molecule has 0 saturated carbocycles. The van der Waals surface area contributed by atoms with E-state index in [4.69, 9.17) is 32.8 Å². The number of nitrogens with zero attached hydrogens (tertiary/aromatic N) is 1. The van der Waals surface area contributed by atoms with Crippen LogP contribution in [0.2, 0.25) is 5.15 Å². The largest absolute Gasteiger partial charge is 0.479 e. The molecule has 0 spiro atoms. The van der Waals surface area contributed by atoms with Crippen LogP contribution in [-0.4, -0.2) is 25.4 Å². The molecule has 6 nitrogen and oxygen atoms in total. The van der Waals surface area contributed by atoms with E-state index < -0.39 is 21.1 Å². The molecule has 0 bridgehead atoms. The summed E-state index contributed by atoms with van der Waals surface area (Å²) < 4.78 is 28.5. The van der Waals surface area contributed by atoms with Crippen LogP contribution in [0.4, 0.5) is 0 Å². The van der Waals surface area contributed by atoms with E-state index in [9.17, 15) is 13.2 Å². The zero-order valence-corrected chi connectivity index (χ0v) is 13.0. The Bertz CT molecular complexity index is 823. The first kappa shape index (κ1) is 15.8. The molecule has 9 heteroatoms. The lowest BCUT2D eigenvalue weighted by Crippen LogP contribution is -2.30. The summed E-state index contributed by atoms with van der Waals surface area (Å²) in [5.41, 5.74) is 5.31. The number of benzene rings is 1. The number of fused-ring (bicyclic) bond motifs is 1. The summed E-state index contributed by atoms with van der Waals surface area (Å²) in [5, 5.41) is 0.381. The number of rotatable bonds is 4. The average molecular weight is 349 g/mol. The zero-order chi connectivity index (χ0) is 15.8. The predicted molar refractivity (Wildman–Crippen MR) is 79.1 cm³/mol. The molecular weight excluding hydrogens is 339 g/mol. The van der Waals surface area contributed by atoms with E-state index in [1.807, 2.05) is 0 Å². The van der Waals surface area contributed by atoms with Gasteiger partial charge in [-0.2, -0.15) is 0 Å². The van der Waals surface area contributed by atoms with Gasteiger partial charge in [-0.25, -0.2) is 13.4 Å². The van der Waals surface area contributed by atoms with Gasteiger partial charge < -0.3 is 10.5 Å². The number of carbonyl (C=O) groups excluding carboxylic acids is 1. The molecule has 0 radical (unpaired) electrons.